The van der Waals surface area contributed by atoms with Gasteiger partial charge >= 0.3 is 0 Å². The lowest BCUT2D eigenvalue weighted by Crippen LogP contribution is -2.48. The van der Waals surface area contributed by atoms with Crippen molar-refractivity contribution in [2.24, 2.45) is 11.3 Å². The summed E-state index contributed by atoms with van der Waals surface area (Å²) in [5.41, 5.74) is -1.22. The van der Waals surface area contributed by atoms with E-state index in [9.17, 15) is 9.59 Å². The maximum Gasteiger partial charge on any atom is 0.258 e. The molecule has 0 fully saturated rings. The average molecular weight is 243 g/mol. The van der Waals surface area contributed by atoms with Crippen LogP contribution in [0.25, 0.3) is 0 Å². The maximum absolute atomic E-state index is 12.2. The number of hydrogen-bond donors (Lipinski definition) is 0. The zero-order valence-electron chi connectivity index (χ0n) is 12.2. The minimum absolute atomic E-state index is 0.274. The Hall–Kier alpha value is -0.900. The highest BCUT2D eigenvalue weighted by molar-refractivity contribution is 5.97. The third-order valence-electron chi connectivity index (χ3n) is 1.89. The monoisotopic (exact) mass is 243 g/mol. The van der Waals surface area contributed by atoms with Gasteiger partial charge in [0.25, 0.3) is 11.8 Å². The van der Waals surface area contributed by atoms with Gasteiger partial charge in [0.05, 0.1) is 5.60 Å². The van der Waals surface area contributed by atoms with E-state index >= 15 is 0 Å². The number of carbonyl (C=O) groups is 2. The van der Waals surface area contributed by atoms with E-state index in [0.29, 0.717) is 0 Å². The van der Waals surface area contributed by atoms with Crippen LogP contribution >= 0.6 is 0 Å². The minimum Gasteiger partial charge on any atom is -0.272 e. The van der Waals surface area contributed by atoms with Gasteiger partial charge in [0.15, 0.2) is 0 Å². The first-order chi connectivity index (χ1) is 7.36. The van der Waals surface area contributed by atoms with Crippen LogP contribution in [-0.4, -0.2) is 22.5 Å². The van der Waals surface area contributed by atoms with Crippen molar-refractivity contribution in [3.05, 3.63) is 0 Å². The molecule has 0 aromatic carbocycles. The number of nitrogens with zero attached hydrogens (tertiary/aromatic N) is 1. The van der Waals surface area contributed by atoms with Crippen molar-refractivity contribution in [1.29, 1.82) is 0 Å². The van der Waals surface area contributed by atoms with E-state index in [1.165, 1.54) is 0 Å². The molecule has 0 atom stereocenters. The fourth-order valence-corrected chi connectivity index (χ4v) is 1.000. The van der Waals surface area contributed by atoms with Gasteiger partial charge in [-0.15, -0.1) is 0 Å². The Balaban J connectivity index is 5.14. The molecule has 2 amide bonds. The third-order valence-corrected chi connectivity index (χ3v) is 1.89. The SMILES string of the molecule is CC(C)C(=O)N(OC(C)(C)C)C(=O)C(C)(C)C. The molecule has 0 saturated heterocycles. The molecule has 17 heavy (non-hydrogen) atoms. The summed E-state index contributed by atoms with van der Waals surface area (Å²) in [6, 6.07) is 0. The Morgan fingerprint density at radius 1 is 1.00 bits per heavy atom. The van der Waals surface area contributed by atoms with Crippen LogP contribution in [0.2, 0.25) is 0 Å². The molecule has 0 aromatic rings. The first-order valence-corrected chi connectivity index (χ1v) is 5.94. The van der Waals surface area contributed by atoms with Crippen LogP contribution in [-0.2, 0) is 14.4 Å². The summed E-state index contributed by atoms with van der Waals surface area (Å²) in [5, 5.41) is 0.921. The van der Waals surface area contributed by atoms with Gasteiger partial charge in [0.2, 0.25) is 0 Å². The number of imide groups is 1. The molecule has 0 spiro atoms. The molecule has 0 aliphatic carbocycles. The number of hydroxylamine groups is 2. The lowest BCUT2D eigenvalue weighted by atomic mass is 9.95. The van der Waals surface area contributed by atoms with E-state index < -0.39 is 11.0 Å². The fourth-order valence-electron chi connectivity index (χ4n) is 1.000. The second-order valence-electron chi connectivity index (χ2n) is 6.55. The lowest BCUT2D eigenvalue weighted by molar-refractivity contribution is -0.232. The molecule has 0 saturated carbocycles. The Kier molecular flexibility index (Phi) is 4.90. The summed E-state index contributed by atoms with van der Waals surface area (Å²) >= 11 is 0. The Bertz CT molecular complexity index is 295. The van der Waals surface area contributed by atoms with Crippen molar-refractivity contribution in [3.63, 3.8) is 0 Å². The topological polar surface area (TPSA) is 46.6 Å². The average Bonchev–Trinajstić information content (AvgIpc) is 2.08. The van der Waals surface area contributed by atoms with E-state index in [0.717, 1.165) is 5.06 Å². The molecule has 0 aliphatic heterocycles. The second-order valence-corrected chi connectivity index (χ2v) is 6.55. The van der Waals surface area contributed by atoms with Gasteiger partial charge in [0, 0.05) is 11.3 Å². The van der Waals surface area contributed by atoms with Gasteiger partial charge in [0.1, 0.15) is 0 Å². The van der Waals surface area contributed by atoms with Crippen LogP contribution in [0.15, 0.2) is 0 Å². The Morgan fingerprint density at radius 3 is 1.65 bits per heavy atom. The molecule has 0 aliphatic rings. The van der Waals surface area contributed by atoms with Gasteiger partial charge in [-0.1, -0.05) is 34.6 Å². The Morgan fingerprint density at radius 2 is 1.41 bits per heavy atom. The van der Waals surface area contributed by atoms with Gasteiger partial charge in [-0.25, -0.2) is 0 Å². The highest BCUT2D eigenvalue weighted by atomic mass is 16.7. The molecule has 0 aromatic heterocycles. The number of amides is 2. The normalized spacial score (nSPS) is 12.8. The van der Waals surface area contributed by atoms with Crippen LogP contribution in [0.1, 0.15) is 55.4 Å². The van der Waals surface area contributed by atoms with E-state index in [2.05, 4.69) is 0 Å². The number of carbonyl (C=O) groups excluding carboxylic acids is 2. The van der Waals surface area contributed by atoms with Gasteiger partial charge in [-0.05, 0) is 20.8 Å². The number of hydrogen-bond acceptors (Lipinski definition) is 3. The Labute approximate surface area is 104 Å². The van der Waals surface area contributed by atoms with Crippen molar-refractivity contribution in [2.75, 3.05) is 0 Å². The summed E-state index contributed by atoms with van der Waals surface area (Å²) in [5.74, 6) is -0.894. The molecule has 0 bridgehead atoms. The van der Waals surface area contributed by atoms with Crippen molar-refractivity contribution in [2.45, 2.75) is 61.0 Å². The predicted molar refractivity (Wildman–Crippen MR) is 67.0 cm³/mol. The molecule has 0 radical (unpaired) electrons. The lowest BCUT2D eigenvalue weighted by Gasteiger charge is -2.33. The summed E-state index contributed by atoms with van der Waals surface area (Å²) in [6.07, 6.45) is 0. The molecular weight excluding hydrogens is 218 g/mol. The van der Waals surface area contributed by atoms with Crippen LogP contribution in [0.3, 0.4) is 0 Å². The summed E-state index contributed by atoms with van der Waals surface area (Å²) in [7, 11) is 0. The zero-order chi connectivity index (χ0) is 14.0. The molecule has 4 heteroatoms. The molecule has 4 nitrogen and oxygen atoms in total. The first kappa shape index (κ1) is 16.1. The molecule has 100 valence electrons. The van der Waals surface area contributed by atoms with E-state index in [4.69, 9.17) is 4.84 Å². The quantitative estimate of drug-likeness (QED) is 0.701. The summed E-state index contributed by atoms with van der Waals surface area (Å²) < 4.78 is 0. The largest absolute Gasteiger partial charge is 0.272 e. The fraction of sp³-hybridized carbons (Fsp3) is 0.846. The highest BCUT2D eigenvalue weighted by Crippen LogP contribution is 2.22. The van der Waals surface area contributed by atoms with Crippen LogP contribution in [0.4, 0.5) is 0 Å². The molecule has 0 rings (SSSR count). The van der Waals surface area contributed by atoms with Crippen molar-refractivity contribution < 1.29 is 14.4 Å². The number of rotatable bonds is 2. The molecule has 0 N–H and O–H groups in total. The van der Waals surface area contributed by atoms with E-state index in [-0.39, 0.29) is 17.7 Å². The highest BCUT2D eigenvalue weighted by Gasteiger charge is 2.36. The molecule has 0 unspecified atom stereocenters. The molecule has 0 heterocycles. The zero-order valence-corrected chi connectivity index (χ0v) is 12.2. The predicted octanol–water partition coefficient (Wildman–Crippen LogP) is 2.77. The molecular formula is C13H25NO3. The van der Waals surface area contributed by atoms with Crippen molar-refractivity contribution in [3.8, 4) is 0 Å². The van der Waals surface area contributed by atoms with Crippen LogP contribution < -0.4 is 0 Å². The van der Waals surface area contributed by atoms with E-state index in [1.54, 1.807) is 34.6 Å². The standard InChI is InChI=1S/C13H25NO3/c1-9(2)10(15)14(17-13(6,7)8)11(16)12(3,4)5/h9H,1-8H3. The maximum atomic E-state index is 12.2. The first-order valence-electron chi connectivity index (χ1n) is 5.94. The van der Waals surface area contributed by atoms with Gasteiger partial charge < -0.3 is 0 Å². The van der Waals surface area contributed by atoms with Crippen molar-refractivity contribution in [1.82, 2.24) is 5.06 Å². The van der Waals surface area contributed by atoms with E-state index in [1.807, 2.05) is 20.8 Å². The van der Waals surface area contributed by atoms with Crippen LogP contribution in [0.5, 0.6) is 0 Å². The summed E-state index contributed by atoms with van der Waals surface area (Å²) in [6.45, 7) is 14.2. The van der Waals surface area contributed by atoms with Crippen LogP contribution in [0, 0.1) is 11.3 Å². The van der Waals surface area contributed by atoms with Gasteiger partial charge in [-0.2, -0.15) is 5.06 Å². The van der Waals surface area contributed by atoms with Gasteiger partial charge in [-0.3, -0.25) is 14.4 Å². The second kappa shape index (κ2) is 5.17. The summed E-state index contributed by atoms with van der Waals surface area (Å²) in [4.78, 5) is 29.6. The van der Waals surface area contributed by atoms with Crippen molar-refractivity contribution >= 4 is 11.8 Å². The minimum atomic E-state index is -0.643. The third kappa shape index (κ3) is 5.31. The smallest absolute Gasteiger partial charge is 0.258 e.